The molecule has 6 nitrogen and oxygen atoms in total. The number of aromatic nitrogens is 2. The van der Waals surface area contributed by atoms with E-state index in [1.807, 2.05) is 5.38 Å². The van der Waals surface area contributed by atoms with Crippen molar-refractivity contribution in [2.75, 3.05) is 30.9 Å². The number of rotatable bonds is 4. The van der Waals surface area contributed by atoms with Crippen LogP contribution in [0.5, 0.6) is 0 Å². The van der Waals surface area contributed by atoms with Gasteiger partial charge in [0.25, 0.3) is 0 Å². The number of nitriles is 1. The number of ether oxygens (including phenoxy) is 1. The van der Waals surface area contributed by atoms with Gasteiger partial charge in [0.1, 0.15) is 28.2 Å². The Hall–Kier alpha value is -2.17. The van der Waals surface area contributed by atoms with Crippen molar-refractivity contribution in [2.24, 2.45) is 0 Å². The molecule has 0 saturated carbocycles. The normalized spacial score (nSPS) is 17.6. The van der Waals surface area contributed by atoms with Crippen LogP contribution in [0.4, 0.5) is 11.5 Å². The van der Waals surface area contributed by atoms with Crippen molar-refractivity contribution in [3.05, 3.63) is 23.2 Å². The summed E-state index contributed by atoms with van der Waals surface area (Å²) >= 11 is 1.51. The zero-order valence-electron chi connectivity index (χ0n) is 12.3. The van der Waals surface area contributed by atoms with Crippen molar-refractivity contribution in [2.45, 2.75) is 18.9 Å². The molecule has 3 heterocycles. The van der Waals surface area contributed by atoms with E-state index in [4.69, 9.17) is 10.5 Å². The van der Waals surface area contributed by atoms with E-state index in [1.165, 1.54) is 11.3 Å². The highest BCUT2D eigenvalue weighted by Crippen LogP contribution is 2.33. The van der Waals surface area contributed by atoms with Gasteiger partial charge in [-0.1, -0.05) is 0 Å². The van der Waals surface area contributed by atoms with Crippen molar-refractivity contribution in [1.82, 2.24) is 9.97 Å². The molecule has 1 saturated heterocycles. The number of nitrogen functional groups attached to an aromatic ring is 1. The number of nitrogens with two attached hydrogens (primary N) is 1. The van der Waals surface area contributed by atoms with Gasteiger partial charge in [-0.15, -0.1) is 11.3 Å². The summed E-state index contributed by atoms with van der Waals surface area (Å²) < 4.78 is 5.29. The first-order chi connectivity index (χ1) is 10.7. The van der Waals surface area contributed by atoms with E-state index in [0.29, 0.717) is 29.4 Å². The van der Waals surface area contributed by atoms with E-state index >= 15 is 0 Å². The lowest BCUT2D eigenvalue weighted by molar-refractivity contribution is 0.180. The zero-order valence-corrected chi connectivity index (χ0v) is 13.1. The number of anilines is 2. The maximum absolute atomic E-state index is 9.46. The fraction of sp³-hybridized carbons (Fsp3) is 0.400. The average Bonchev–Trinajstić information content (AvgIpc) is 3.18. The molecule has 1 fully saturated rings. The second-order valence-corrected chi connectivity index (χ2v) is 6.08. The van der Waals surface area contributed by atoms with E-state index in [0.717, 1.165) is 24.4 Å². The molecular formula is C15H17N5OS. The first-order valence-electron chi connectivity index (χ1n) is 7.10. The minimum Gasteiger partial charge on any atom is -0.397 e. The van der Waals surface area contributed by atoms with Crippen LogP contribution < -0.4 is 10.6 Å². The lowest BCUT2D eigenvalue weighted by atomic mass is 10.1. The lowest BCUT2D eigenvalue weighted by Crippen LogP contribution is -2.34. The molecule has 0 aliphatic carbocycles. The molecule has 2 aromatic rings. The molecule has 1 aliphatic heterocycles. The Kier molecular flexibility index (Phi) is 4.22. The van der Waals surface area contributed by atoms with E-state index < -0.39 is 0 Å². The third-order valence-electron chi connectivity index (χ3n) is 3.80. The highest BCUT2D eigenvalue weighted by Gasteiger charge is 2.29. The summed E-state index contributed by atoms with van der Waals surface area (Å²) in [5, 5.41) is 12.2. The maximum atomic E-state index is 9.46. The second kappa shape index (κ2) is 6.30. The van der Waals surface area contributed by atoms with Crippen molar-refractivity contribution in [3.63, 3.8) is 0 Å². The Labute approximate surface area is 133 Å². The van der Waals surface area contributed by atoms with Gasteiger partial charge in [0.05, 0.1) is 18.3 Å². The van der Waals surface area contributed by atoms with E-state index in [1.54, 1.807) is 19.4 Å². The van der Waals surface area contributed by atoms with Gasteiger partial charge in [-0.05, 0) is 18.9 Å². The number of nitrogens with zero attached hydrogens (tertiary/aromatic N) is 4. The van der Waals surface area contributed by atoms with Gasteiger partial charge >= 0.3 is 0 Å². The summed E-state index contributed by atoms with van der Waals surface area (Å²) in [6.07, 6.45) is 3.82. The highest BCUT2D eigenvalue weighted by atomic mass is 32.1. The molecule has 0 bridgehead atoms. The molecule has 0 amide bonds. The van der Waals surface area contributed by atoms with Crippen LogP contribution in [-0.4, -0.2) is 36.3 Å². The summed E-state index contributed by atoms with van der Waals surface area (Å²) in [5.41, 5.74) is 7.67. The van der Waals surface area contributed by atoms with Gasteiger partial charge in [-0.25, -0.2) is 9.97 Å². The van der Waals surface area contributed by atoms with E-state index in [2.05, 4.69) is 20.9 Å². The summed E-state index contributed by atoms with van der Waals surface area (Å²) in [6, 6.07) is 4.15. The number of pyridine rings is 1. The molecular weight excluding hydrogens is 298 g/mol. The Morgan fingerprint density at radius 2 is 2.45 bits per heavy atom. The Morgan fingerprint density at radius 1 is 1.59 bits per heavy atom. The molecule has 2 N–H and O–H groups in total. The van der Waals surface area contributed by atoms with Gasteiger partial charge in [0.15, 0.2) is 0 Å². The molecule has 3 rings (SSSR count). The first-order valence-corrected chi connectivity index (χ1v) is 7.98. The molecule has 1 unspecified atom stereocenters. The largest absolute Gasteiger partial charge is 0.397 e. The number of thiazole rings is 1. The smallest absolute Gasteiger partial charge is 0.149 e. The van der Waals surface area contributed by atoms with Crippen LogP contribution in [0.2, 0.25) is 0 Å². The monoisotopic (exact) mass is 315 g/mol. The van der Waals surface area contributed by atoms with Crippen LogP contribution in [0.1, 0.15) is 18.4 Å². The molecule has 1 atom stereocenters. The highest BCUT2D eigenvalue weighted by molar-refractivity contribution is 7.13. The maximum Gasteiger partial charge on any atom is 0.149 e. The molecule has 2 aromatic heterocycles. The summed E-state index contributed by atoms with van der Waals surface area (Å²) in [4.78, 5) is 11.1. The zero-order chi connectivity index (χ0) is 15.5. The van der Waals surface area contributed by atoms with Crippen LogP contribution in [0.25, 0.3) is 10.7 Å². The molecule has 7 heteroatoms. The minimum atomic E-state index is 0.232. The fourth-order valence-electron chi connectivity index (χ4n) is 2.81. The molecule has 0 spiro atoms. The predicted octanol–water partition coefficient (Wildman–Crippen LogP) is 2.27. The van der Waals surface area contributed by atoms with E-state index in [9.17, 15) is 5.26 Å². The predicted molar refractivity (Wildman–Crippen MR) is 86.7 cm³/mol. The summed E-state index contributed by atoms with van der Waals surface area (Å²) in [7, 11) is 1.69. The average molecular weight is 315 g/mol. The van der Waals surface area contributed by atoms with Gasteiger partial charge in [0.2, 0.25) is 0 Å². The Balaban J connectivity index is 2.07. The third-order valence-corrected chi connectivity index (χ3v) is 4.60. The number of hydrogen-bond acceptors (Lipinski definition) is 7. The van der Waals surface area contributed by atoms with Crippen molar-refractivity contribution < 1.29 is 4.74 Å². The second-order valence-electron chi connectivity index (χ2n) is 5.19. The van der Waals surface area contributed by atoms with Crippen molar-refractivity contribution in [1.29, 1.82) is 5.26 Å². The number of methoxy groups -OCH3 is 1. The van der Waals surface area contributed by atoms with Crippen LogP contribution in [0.15, 0.2) is 17.6 Å². The molecule has 114 valence electrons. The SMILES string of the molecule is COCC1CCCN1c1nc(-c2nccs2)cc(N)c1C#N. The molecule has 0 aromatic carbocycles. The quantitative estimate of drug-likeness (QED) is 0.931. The first kappa shape index (κ1) is 14.8. The van der Waals surface area contributed by atoms with Gasteiger partial charge < -0.3 is 15.4 Å². The topological polar surface area (TPSA) is 88.1 Å². The Morgan fingerprint density at radius 3 is 3.14 bits per heavy atom. The van der Waals surface area contributed by atoms with Crippen LogP contribution in [0.3, 0.4) is 0 Å². The summed E-state index contributed by atoms with van der Waals surface area (Å²) in [6.45, 7) is 1.48. The van der Waals surface area contributed by atoms with Crippen LogP contribution >= 0.6 is 11.3 Å². The fourth-order valence-corrected chi connectivity index (χ4v) is 3.41. The number of hydrogen-bond donors (Lipinski definition) is 1. The Bertz CT molecular complexity index is 695. The van der Waals surface area contributed by atoms with Gasteiger partial charge in [0, 0.05) is 25.2 Å². The van der Waals surface area contributed by atoms with Crippen molar-refractivity contribution >= 4 is 22.8 Å². The van der Waals surface area contributed by atoms with Crippen molar-refractivity contribution in [3.8, 4) is 16.8 Å². The van der Waals surface area contributed by atoms with Crippen LogP contribution in [0, 0.1) is 11.3 Å². The molecule has 1 aliphatic rings. The lowest BCUT2D eigenvalue weighted by Gasteiger charge is -2.26. The standard InChI is InChI=1S/C15H17N5OS/c1-21-9-10-3-2-5-20(10)14-11(8-16)12(17)7-13(19-14)15-18-4-6-22-15/h4,6-7,10H,2-3,5,9H2,1H3,(H2,17,19). The summed E-state index contributed by atoms with van der Waals surface area (Å²) in [5.74, 6) is 0.646. The molecule has 22 heavy (non-hydrogen) atoms. The van der Waals surface area contributed by atoms with Gasteiger partial charge in [-0.3, -0.25) is 0 Å². The minimum absolute atomic E-state index is 0.232. The van der Waals surface area contributed by atoms with Crippen LogP contribution in [-0.2, 0) is 4.74 Å². The van der Waals surface area contributed by atoms with Gasteiger partial charge in [-0.2, -0.15) is 5.26 Å². The van der Waals surface area contributed by atoms with E-state index in [-0.39, 0.29) is 6.04 Å². The molecule has 0 radical (unpaired) electrons. The third kappa shape index (κ3) is 2.63.